The number of benzene rings is 2. The van der Waals surface area contributed by atoms with Gasteiger partial charge < -0.3 is 10.1 Å². The van der Waals surface area contributed by atoms with E-state index in [2.05, 4.69) is 5.32 Å². The fourth-order valence-corrected chi connectivity index (χ4v) is 2.45. The number of carbonyl (C=O) groups is 2. The van der Waals surface area contributed by atoms with Gasteiger partial charge in [-0.2, -0.15) is 13.2 Å². The zero-order valence-electron chi connectivity index (χ0n) is 13.1. The summed E-state index contributed by atoms with van der Waals surface area (Å²) in [6.45, 7) is 1.33. The highest BCUT2D eigenvalue weighted by Gasteiger charge is 2.29. The van der Waals surface area contributed by atoms with Gasteiger partial charge in [-0.15, -0.1) is 0 Å². The van der Waals surface area contributed by atoms with Gasteiger partial charge in [-0.3, -0.25) is 4.79 Å². The number of esters is 1. The molecule has 0 spiro atoms. The lowest BCUT2D eigenvalue weighted by molar-refractivity contribution is -0.119. The largest absolute Gasteiger partial charge is 0.452 e. The minimum absolute atomic E-state index is 0.0404. The van der Waals surface area contributed by atoms with Crippen LogP contribution in [0.3, 0.4) is 0 Å². The third-order valence-corrected chi connectivity index (χ3v) is 3.82. The van der Waals surface area contributed by atoms with E-state index in [0.29, 0.717) is 5.69 Å². The van der Waals surface area contributed by atoms with E-state index >= 15 is 0 Å². The van der Waals surface area contributed by atoms with Gasteiger partial charge in [-0.1, -0.05) is 18.2 Å². The average Bonchev–Trinajstić information content (AvgIpc) is 2.54. The van der Waals surface area contributed by atoms with Crippen molar-refractivity contribution in [2.24, 2.45) is 0 Å². The molecule has 0 aliphatic carbocycles. The van der Waals surface area contributed by atoms with E-state index in [0.717, 1.165) is 5.56 Å². The SMILES string of the molecule is Cc1ccccc1NC(=O)COC(=O)c1ccc(SC(F)(F)F)cc1. The molecule has 132 valence electrons. The molecule has 0 fully saturated rings. The van der Waals surface area contributed by atoms with E-state index in [1.165, 1.54) is 24.3 Å². The molecule has 0 aliphatic rings. The zero-order chi connectivity index (χ0) is 18.4. The second-order valence-corrected chi connectivity index (χ2v) is 6.15. The van der Waals surface area contributed by atoms with Crippen LogP contribution in [-0.2, 0) is 9.53 Å². The molecular weight excluding hydrogens is 355 g/mol. The van der Waals surface area contributed by atoms with Gasteiger partial charge in [-0.05, 0) is 54.6 Å². The lowest BCUT2D eigenvalue weighted by Gasteiger charge is -2.09. The lowest BCUT2D eigenvalue weighted by Crippen LogP contribution is -2.21. The fraction of sp³-hybridized carbons (Fsp3) is 0.176. The number of rotatable bonds is 5. The average molecular weight is 369 g/mol. The first-order valence-corrected chi connectivity index (χ1v) is 7.95. The molecule has 2 rings (SSSR count). The van der Waals surface area contributed by atoms with Crippen molar-refractivity contribution in [1.82, 2.24) is 0 Å². The Morgan fingerprint density at radius 1 is 1.08 bits per heavy atom. The van der Waals surface area contributed by atoms with Crippen LogP contribution in [0.1, 0.15) is 15.9 Å². The van der Waals surface area contributed by atoms with Crippen LogP contribution >= 0.6 is 11.8 Å². The smallest absolute Gasteiger partial charge is 0.446 e. The van der Waals surface area contributed by atoms with E-state index < -0.39 is 24.0 Å². The molecule has 0 bridgehead atoms. The molecule has 1 amide bonds. The number of amides is 1. The van der Waals surface area contributed by atoms with Crippen molar-refractivity contribution in [2.75, 3.05) is 11.9 Å². The summed E-state index contributed by atoms with van der Waals surface area (Å²) in [5, 5.41) is 2.61. The molecule has 0 unspecified atom stereocenters. The van der Waals surface area contributed by atoms with E-state index in [9.17, 15) is 22.8 Å². The Balaban J connectivity index is 1.87. The Morgan fingerprint density at radius 3 is 2.32 bits per heavy atom. The first-order valence-electron chi connectivity index (χ1n) is 7.13. The Labute approximate surface area is 146 Å². The highest BCUT2D eigenvalue weighted by Crippen LogP contribution is 2.36. The molecule has 4 nitrogen and oxygen atoms in total. The van der Waals surface area contributed by atoms with E-state index in [1.807, 2.05) is 19.1 Å². The van der Waals surface area contributed by atoms with Gasteiger partial charge in [0, 0.05) is 10.6 Å². The number of nitrogens with one attached hydrogen (secondary N) is 1. The van der Waals surface area contributed by atoms with Gasteiger partial charge in [0.15, 0.2) is 6.61 Å². The Hall–Kier alpha value is -2.48. The van der Waals surface area contributed by atoms with Crippen molar-refractivity contribution >= 4 is 29.3 Å². The monoisotopic (exact) mass is 369 g/mol. The molecule has 0 saturated carbocycles. The number of hydrogen-bond acceptors (Lipinski definition) is 4. The first-order chi connectivity index (χ1) is 11.7. The van der Waals surface area contributed by atoms with Crippen LogP contribution < -0.4 is 5.32 Å². The summed E-state index contributed by atoms with van der Waals surface area (Å²) < 4.78 is 41.6. The molecular formula is C17H14F3NO3S. The number of hydrogen-bond donors (Lipinski definition) is 1. The van der Waals surface area contributed by atoms with Crippen LogP contribution in [0.2, 0.25) is 0 Å². The molecule has 2 aromatic carbocycles. The molecule has 1 N–H and O–H groups in total. The normalized spacial score (nSPS) is 11.0. The maximum absolute atomic E-state index is 12.2. The Bertz CT molecular complexity index is 760. The minimum Gasteiger partial charge on any atom is -0.452 e. The van der Waals surface area contributed by atoms with Crippen LogP contribution in [0.5, 0.6) is 0 Å². The highest BCUT2D eigenvalue weighted by atomic mass is 32.2. The summed E-state index contributed by atoms with van der Waals surface area (Å²) in [6.07, 6.45) is 0. The van der Waals surface area contributed by atoms with Crippen molar-refractivity contribution in [1.29, 1.82) is 0 Å². The van der Waals surface area contributed by atoms with Crippen molar-refractivity contribution in [3.63, 3.8) is 0 Å². The molecule has 0 aromatic heterocycles. The molecule has 0 radical (unpaired) electrons. The molecule has 25 heavy (non-hydrogen) atoms. The standard InChI is InChI=1S/C17H14F3NO3S/c1-11-4-2-3-5-14(11)21-15(22)10-24-16(23)12-6-8-13(9-7-12)25-17(18,19)20/h2-9H,10H2,1H3,(H,21,22). The van der Waals surface area contributed by atoms with Gasteiger partial charge >= 0.3 is 11.5 Å². The number of ether oxygens (including phenoxy) is 1. The van der Waals surface area contributed by atoms with Crippen LogP contribution in [0.15, 0.2) is 53.4 Å². The van der Waals surface area contributed by atoms with Gasteiger partial charge in [0.2, 0.25) is 0 Å². The number of thioether (sulfide) groups is 1. The molecule has 0 aliphatic heterocycles. The second-order valence-electron chi connectivity index (χ2n) is 5.01. The fourth-order valence-electron chi connectivity index (χ4n) is 1.91. The summed E-state index contributed by atoms with van der Waals surface area (Å²) in [7, 11) is 0. The number of para-hydroxylation sites is 1. The van der Waals surface area contributed by atoms with Gasteiger partial charge in [0.05, 0.1) is 5.56 Å². The maximum atomic E-state index is 12.2. The van der Waals surface area contributed by atoms with Crippen molar-refractivity contribution in [3.8, 4) is 0 Å². The summed E-state index contributed by atoms with van der Waals surface area (Å²) in [6, 6.07) is 11.9. The summed E-state index contributed by atoms with van der Waals surface area (Å²) in [4.78, 5) is 23.6. The second kappa shape index (κ2) is 8.06. The van der Waals surface area contributed by atoms with E-state index in [-0.39, 0.29) is 22.2 Å². The lowest BCUT2D eigenvalue weighted by atomic mass is 10.2. The van der Waals surface area contributed by atoms with Crippen molar-refractivity contribution in [2.45, 2.75) is 17.3 Å². The van der Waals surface area contributed by atoms with E-state index in [1.54, 1.807) is 12.1 Å². The van der Waals surface area contributed by atoms with Gasteiger partial charge in [0.25, 0.3) is 5.91 Å². The quantitative estimate of drug-likeness (QED) is 0.627. The molecule has 0 saturated heterocycles. The molecule has 8 heteroatoms. The maximum Gasteiger partial charge on any atom is 0.446 e. The minimum atomic E-state index is -4.39. The Morgan fingerprint density at radius 2 is 1.72 bits per heavy atom. The van der Waals surface area contributed by atoms with E-state index in [4.69, 9.17) is 4.74 Å². The summed E-state index contributed by atoms with van der Waals surface area (Å²) >= 11 is -0.274. The third-order valence-electron chi connectivity index (χ3n) is 3.08. The number of alkyl halides is 3. The van der Waals surface area contributed by atoms with Crippen LogP contribution in [0.25, 0.3) is 0 Å². The van der Waals surface area contributed by atoms with Crippen LogP contribution in [-0.4, -0.2) is 24.0 Å². The first kappa shape index (κ1) is 18.9. The van der Waals surface area contributed by atoms with Gasteiger partial charge in [0.1, 0.15) is 0 Å². The Kier molecular flexibility index (Phi) is 6.08. The molecule has 0 atom stereocenters. The van der Waals surface area contributed by atoms with Crippen LogP contribution in [0.4, 0.5) is 18.9 Å². The number of anilines is 1. The predicted molar refractivity (Wildman–Crippen MR) is 88.4 cm³/mol. The number of halogens is 3. The summed E-state index contributed by atoms with van der Waals surface area (Å²) in [5.74, 6) is -1.30. The van der Waals surface area contributed by atoms with Crippen LogP contribution in [0, 0.1) is 6.92 Å². The van der Waals surface area contributed by atoms with Gasteiger partial charge in [-0.25, -0.2) is 4.79 Å². The predicted octanol–water partition coefficient (Wildman–Crippen LogP) is 4.40. The molecule has 2 aromatic rings. The number of aryl methyl sites for hydroxylation is 1. The third kappa shape index (κ3) is 6.15. The summed E-state index contributed by atoms with van der Waals surface area (Å²) in [5.41, 5.74) is -2.86. The van der Waals surface area contributed by atoms with Crippen molar-refractivity contribution in [3.05, 3.63) is 59.7 Å². The number of carbonyl (C=O) groups excluding carboxylic acids is 2. The zero-order valence-corrected chi connectivity index (χ0v) is 13.9. The highest BCUT2D eigenvalue weighted by molar-refractivity contribution is 8.00. The topological polar surface area (TPSA) is 55.4 Å². The van der Waals surface area contributed by atoms with Crippen molar-refractivity contribution < 1.29 is 27.5 Å². The molecule has 0 heterocycles.